The van der Waals surface area contributed by atoms with Crippen molar-refractivity contribution >= 4 is 11.8 Å². The molecular formula is C29H33N3O3. The van der Waals surface area contributed by atoms with E-state index in [2.05, 4.69) is 23.5 Å². The van der Waals surface area contributed by atoms with Crippen LogP contribution in [0.3, 0.4) is 0 Å². The molecule has 0 saturated heterocycles. The smallest absolute Gasteiger partial charge is 0.271 e. The quantitative estimate of drug-likeness (QED) is 0.547. The number of aromatic nitrogens is 1. The lowest BCUT2D eigenvalue weighted by Crippen LogP contribution is -2.65. The Kier molecular flexibility index (Phi) is 5.54. The molecule has 2 amide bonds. The second kappa shape index (κ2) is 8.74. The highest BCUT2D eigenvalue weighted by atomic mass is 16.3. The maximum absolute atomic E-state index is 14.2. The van der Waals surface area contributed by atoms with Crippen molar-refractivity contribution in [2.45, 2.75) is 82.5 Å². The van der Waals surface area contributed by atoms with Gasteiger partial charge in [0, 0.05) is 6.04 Å². The van der Waals surface area contributed by atoms with E-state index < -0.39 is 5.54 Å². The maximum Gasteiger partial charge on any atom is 0.271 e. The van der Waals surface area contributed by atoms with Crippen molar-refractivity contribution in [3.05, 3.63) is 71.6 Å². The van der Waals surface area contributed by atoms with Crippen molar-refractivity contribution in [1.29, 1.82) is 0 Å². The summed E-state index contributed by atoms with van der Waals surface area (Å²) in [5.74, 6) is 0.568. The van der Waals surface area contributed by atoms with Crippen LogP contribution in [-0.4, -0.2) is 32.9 Å². The normalized spacial score (nSPS) is 24.7. The molecule has 0 spiro atoms. The van der Waals surface area contributed by atoms with E-state index in [0.29, 0.717) is 18.0 Å². The Morgan fingerprint density at radius 1 is 0.971 bits per heavy atom. The van der Waals surface area contributed by atoms with Crippen LogP contribution in [0.25, 0.3) is 11.5 Å². The zero-order valence-electron chi connectivity index (χ0n) is 20.3. The summed E-state index contributed by atoms with van der Waals surface area (Å²) in [4.78, 5) is 30.2. The van der Waals surface area contributed by atoms with Crippen LogP contribution in [0.5, 0.6) is 0 Å². The number of hydrogen-bond acceptors (Lipinski definition) is 3. The van der Waals surface area contributed by atoms with E-state index in [1.807, 2.05) is 46.7 Å². The van der Waals surface area contributed by atoms with Gasteiger partial charge in [-0.05, 0) is 74.4 Å². The zero-order chi connectivity index (χ0) is 24.0. The first-order valence-corrected chi connectivity index (χ1v) is 13.0. The third-order valence-corrected chi connectivity index (χ3v) is 8.27. The van der Waals surface area contributed by atoms with Crippen LogP contribution >= 0.6 is 0 Å². The van der Waals surface area contributed by atoms with E-state index in [-0.39, 0.29) is 23.9 Å². The van der Waals surface area contributed by atoms with Crippen LogP contribution in [-0.2, 0) is 17.8 Å². The summed E-state index contributed by atoms with van der Waals surface area (Å²) in [6.45, 7) is 2.35. The van der Waals surface area contributed by atoms with E-state index in [1.54, 1.807) is 6.26 Å². The lowest BCUT2D eigenvalue weighted by Gasteiger charge is -2.49. The van der Waals surface area contributed by atoms with Gasteiger partial charge < -0.3 is 19.2 Å². The number of hydrogen-bond donors (Lipinski definition) is 1. The summed E-state index contributed by atoms with van der Waals surface area (Å²) in [7, 11) is 0. The molecule has 1 fully saturated rings. The summed E-state index contributed by atoms with van der Waals surface area (Å²) in [6, 6.07) is 16.0. The Labute approximate surface area is 206 Å². The van der Waals surface area contributed by atoms with Crippen molar-refractivity contribution in [3.8, 4) is 11.5 Å². The van der Waals surface area contributed by atoms with E-state index in [1.165, 1.54) is 17.5 Å². The minimum Gasteiger partial charge on any atom is -0.463 e. The van der Waals surface area contributed by atoms with Gasteiger partial charge in [0.25, 0.3) is 5.91 Å². The molecule has 0 bridgehead atoms. The lowest BCUT2D eigenvalue weighted by molar-refractivity contribution is -0.135. The van der Waals surface area contributed by atoms with Gasteiger partial charge in [-0.25, -0.2) is 0 Å². The SMILES string of the molecule is C[C@@]1(C(=O)NC2CCCCC2)Cn2c(ccc2-c2ccco2)C(=O)N1[C@H]1CCCc2ccccc21. The van der Waals surface area contributed by atoms with Crippen LogP contribution in [0.1, 0.15) is 79.5 Å². The van der Waals surface area contributed by atoms with E-state index in [4.69, 9.17) is 4.42 Å². The molecule has 2 atom stereocenters. The molecule has 1 saturated carbocycles. The molecule has 0 radical (unpaired) electrons. The average molecular weight is 472 g/mol. The molecule has 3 aromatic rings. The van der Waals surface area contributed by atoms with Gasteiger partial charge in [-0.15, -0.1) is 0 Å². The zero-order valence-corrected chi connectivity index (χ0v) is 20.3. The lowest BCUT2D eigenvalue weighted by atomic mass is 9.82. The molecule has 6 rings (SSSR count). The molecule has 3 heterocycles. The van der Waals surface area contributed by atoms with Crippen molar-refractivity contribution in [2.75, 3.05) is 0 Å². The topological polar surface area (TPSA) is 67.5 Å². The number of carbonyl (C=O) groups is 2. The number of benzene rings is 1. The van der Waals surface area contributed by atoms with E-state index in [0.717, 1.165) is 50.6 Å². The average Bonchev–Trinajstić information content (AvgIpc) is 3.55. The van der Waals surface area contributed by atoms with Gasteiger partial charge in [-0.3, -0.25) is 9.59 Å². The molecule has 182 valence electrons. The second-order valence-electron chi connectivity index (χ2n) is 10.5. The number of aryl methyl sites for hydroxylation is 1. The number of amides is 2. The monoisotopic (exact) mass is 471 g/mol. The van der Waals surface area contributed by atoms with Gasteiger partial charge in [0.15, 0.2) is 0 Å². The Balaban J connectivity index is 1.44. The number of fused-ring (bicyclic) bond motifs is 2. The molecule has 6 nitrogen and oxygen atoms in total. The summed E-state index contributed by atoms with van der Waals surface area (Å²) in [5, 5.41) is 3.35. The number of nitrogens with one attached hydrogen (secondary N) is 1. The van der Waals surface area contributed by atoms with Crippen LogP contribution in [0.2, 0.25) is 0 Å². The Bertz CT molecular complexity index is 1240. The predicted molar refractivity (Wildman–Crippen MR) is 134 cm³/mol. The Morgan fingerprint density at radius 2 is 1.77 bits per heavy atom. The first-order valence-electron chi connectivity index (χ1n) is 13.0. The number of nitrogens with zero attached hydrogens (tertiary/aromatic N) is 2. The van der Waals surface area contributed by atoms with Crippen LogP contribution in [0.15, 0.2) is 59.2 Å². The van der Waals surface area contributed by atoms with E-state index >= 15 is 0 Å². The van der Waals surface area contributed by atoms with Crippen molar-refractivity contribution in [3.63, 3.8) is 0 Å². The summed E-state index contributed by atoms with van der Waals surface area (Å²) < 4.78 is 7.65. The molecular weight excluding hydrogens is 438 g/mol. The molecule has 6 heteroatoms. The van der Waals surface area contributed by atoms with Gasteiger partial charge >= 0.3 is 0 Å². The number of carbonyl (C=O) groups excluding carboxylic acids is 2. The third-order valence-electron chi connectivity index (χ3n) is 8.27. The Hall–Kier alpha value is -3.28. The molecule has 1 aliphatic heterocycles. The summed E-state index contributed by atoms with van der Waals surface area (Å²) in [5.41, 5.74) is 2.89. The highest BCUT2D eigenvalue weighted by Gasteiger charge is 2.51. The fourth-order valence-electron chi connectivity index (χ4n) is 6.45. The Morgan fingerprint density at radius 3 is 2.57 bits per heavy atom. The molecule has 1 aromatic carbocycles. The molecule has 0 unspecified atom stereocenters. The molecule has 35 heavy (non-hydrogen) atoms. The van der Waals surface area contributed by atoms with Crippen molar-refractivity contribution in [2.24, 2.45) is 0 Å². The fourth-order valence-corrected chi connectivity index (χ4v) is 6.45. The van der Waals surface area contributed by atoms with Gasteiger partial charge in [0.2, 0.25) is 5.91 Å². The number of rotatable bonds is 4. The molecule has 2 aromatic heterocycles. The predicted octanol–water partition coefficient (Wildman–Crippen LogP) is 5.49. The molecule has 2 aliphatic carbocycles. The minimum absolute atomic E-state index is 0.0504. The highest BCUT2D eigenvalue weighted by molar-refractivity contribution is 6.01. The van der Waals surface area contributed by atoms with Crippen molar-refractivity contribution in [1.82, 2.24) is 14.8 Å². The van der Waals surface area contributed by atoms with Gasteiger partial charge in [-0.1, -0.05) is 43.5 Å². The maximum atomic E-state index is 14.2. The fraction of sp³-hybridized carbons (Fsp3) is 0.448. The highest BCUT2D eigenvalue weighted by Crippen LogP contribution is 2.43. The summed E-state index contributed by atoms with van der Waals surface area (Å²) in [6.07, 6.45) is 10.1. The van der Waals surface area contributed by atoms with Crippen LogP contribution in [0, 0.1) is 0 Å². The summed E-state index contributed by atoms with van der Waals surface area (Å²) >= 11 is 0. The number of furan rings is 1. The molecule has 1 N–H and O–H groups in total. The second-order valence-corrected chi connectivity index (χ2v) is 10.5. The first-order chi connectivity index (χ1) is 17.1. The standard InChI is InChI=1S/C29H33N3O3/c1-29(28(34)30-21-11-3-2-4-12-21)19-31-24(26-15-8-18-35-26)16-17-25(31)27(33)32(29)23-14-7-10-20-9-5-6-13-22(20)23/h5-6,8-9,13,15-18,21,23H,2-4,7,10-12,14,19H2,1H3,(H,30,34)/t23-,29-/m0/s1. The van der Waals surface area contributed by atoms with Gasteiger partial charge in [0.05, 0.1) is 24.5 Å². The largest absolute Gasteiger partial charge is 0.463 e. The molecule has 3 aliphatic rings. The van der Waals surface area contributed by atoms with Gasteiger partial charge in [0.1, 0.15) is 17.0 Å². The van der Waals surface area contributed by atoms with Crippen molar-refractivity contribution < 1.29 is 14.0 Å². The first kappa shape index (κ1) is 22.2. The van der Waals surface area contributed by atoms with Crippen LogP contribution < -0.4 is 5.32 Å². The minimum atomic E-state index is -1.02. The van der Waals surface area contributed by atoms with Gasteiger partial charge in [-0.2, -0.15) is 0 Å². The van der Waals surface area contributed by atoms with E-state index in [9.17, 15) is 9.59 Å². The van der Waals surface area contributed by atoms with Crippen LogP contribution in [0.4, 0.5) is 0 Å². The third kappa shape index (κ3) is 3.70.